The highest BCUT2D eigenvalue weighted by atomic mass is 16.5. The van der Waals surface area contributed by atoms with E-state index >= 15 is 0 Å². The van der Waals surface area contributed by atoms with E-state index in [1.165, 1.54) is 0 Å². The van der Waals surface area contributed by atoms with Gasteiger partial charge in [0.15, 0.2) is 11.5 Å². The number of para-hydroxylation sites is 1. The van der Waals surface area contributed by atoms with Gasteiger partial charge in [0.2, 0.25) is 0 Å². The van der Waals surface area contributed by atoms with Gasteiger partial charge in [-0.2, -0.15) is 0 Å². The number of rotatable bonds is 5. The highest BCUT2D eigenvalue weighted by molar-refractivity contribution is 5.52. The number of aryl methyl sites for hydroxylation is 1. The molecule has 1 atom stereocenters. The van der Waals surface area contributed by atoms with Crippen LogP contribution in [0, 0.1) is 6.92 Å². The van der Waals surface area contributed by atoms with Gasteiger partial charge in [-0.05, 0) is 25.1 Å². The van der Waals surface area contributed by atoms with Crippen LogP contribution < -0.4 is 14.2 Å². The van der Waals surface area contributed by atoms with Crippen molar-refractivity contribution < 1.29 is 19.3 Å². The molecular weight excluding hydrogens is 268 g/mol. The van der Waals surface area contributed by atoms with Crippen molar-refractivity contribution in [2.45, 2.75) is 13.0 Å². The molecular formula is C17H20O4. The number of ether oxygens (including phenoxy) is 3. The number of benzene rings is 2. The van der Waals surface area contributed by atoms with Crippen molar-refractivity contribution in [3.05, 3.63) is 53.1 Å². The van der Waals surface area contributed by atoms with E-state index in [2.05, 4.69) is 0 Å². The van der Waals surface area contributed by atoms with E-state index in [1.54, 1.807) is 27.4 Å². The van der Waals surface area contributed by atoms with Gasteiger partial charge in [0.05, 0.1) is 21.3 Å². The molecule has 4 heteroatoms. The summed E-state index contributed by atoms with van der Waals surface area (Å²) in [6, 6.07) is 11.1. The van der Waals surface area contributed by atoms with Crippen LogP contribution in [0.4, 0.5) is 0 Å². The minimum Gasteiger partial charge on any atom is -0.496 e. The van der Waals surface area contributed by atoms with E-state index < -0.39 is 6.10 Å². The van der Waals surface area contributed by atoms with Crippen molar-refractivity contribution in [3.8, 4) is 17.2 Å². The first-order valence-electron chi connectivity index (χ1n) is 6.65. The molecule has 4 nitrogen and oxygen atoms in total. The van der Waals surface area contributed by atoms with Gasteiger partial charge in [-0.3, -0.25) is 0 Å². The van der Waals surface area contributed by atoms with E-state index in [-0.39, 0.29) is 0 Å². The molecule has 0 saturated heterocycles. The highest BCUT2D eigenvalue weighted by Gasteiger charge is 2.21. The second-order valence-electron chi connectivity index (χ2n) is 4.73. The van der Waals surface area contributed by atoms with E-state index in [0.29, 0.717) is 28.4 Å². The van der Waals surface area contributed by atoms with Gasteiger partial charge in [0.1, 0.15) is 11.9 Å². The Morgan fingerprint density at radius 3 is 2.19 bits per heavy atom. The average Bonchev–Trinajstić information content (AvgIpc) is 2.53. The van der Waals surface area contributed by atoms with Gasteiger partial charge < -0.3 is 19.3 Å². The molecule has 0 saturated carbocycles. The number of aliphatic hydroxyl groups is 1. The van der Waals surface area contributed by atoms with Gasteiger partial charge in [-0.15, -0.1) is 0 Å². The molecule has 0 amide bonds. The van der Waals surface area contributed by atoms with Crippen molar-refractivity contribution in [1.29, 1.82) is 0 Å². The van der Waals surface area contributed by atoms with Crippen molar-refractivity contribution in [1.82, 2.24) is 0 Å². The van der Waals surface area contributed by atoms with E-state index in [0.717, 1.165) is 5.56 Å². The zero-order valence-electron chi connectivity index (χ0n) is 12.7. The van der Waals surface area contributed by atoms with Crippen molar-refractivity contribution in [2.24, 2.45) is 0 Å². The lowest BCUT2D eigenvalue weighted by atomic mass is 9.98. The van der Waals surface area contributed by atoms with Crippen LogP contribution in [0.25, 0.3) is 0 Å². The first-order chi connectivity index (χ1) is 10.1. The molecule has 112 valence electrons. The minimum atomic E-state index is -0.857. The Hall–Kier alpha value is -2.20. The lowest BCUT2D eigenvalue weighted by Crippen LogP contribution is -2.06. The Bertz CT molecular complexity index is 622. The summed E-state index contributed by atoms with van der Waals surface area (Å²) in [5.41, 5.74) is 2.39. The third-order valence-electron chi connectivity index (χ3n) is 3.41. The zero-order chi connectivity index (χ0) is 15.4. The summed E-state index contributed by atoms with van der Waals surface area (Å²) in [6.45, 7) is 1.97. The summed E-state index contributed by atoms with van der Waals surface area (Å²) in [4.78, 5) is 0. The van der Waals surface area contributed by atoms with E-state index in [4.69, 9.17) is 14.2 Å². The highest BCUT2D eigenvalue weighted by Crippen LogP contribution is 2.39. The largest absolute Gasteiger partial charge is 0.496 e. The van der Waals surface area contributed by atoms with Crippen LogP contribution in [0.3, 0.4) is 0 Å². The van der Waals surface area contributed by atoms with Crippen molar-refractivity contribution in [2.75, 3.05) is 21.3 Å². The predicted molar refractivity (Wildman–Crippen MR) is 81.3 cm³/mol. The number of methoxy groups -OCH3 is 3. The summed E-state index contributed by atoms with van der Waals surface area (Å²) in [5.74, 6) is 1.75. The van der Waals surface area contributed by atoms with Crippen LogP contribution >= 0.6 is 0 Å². The molecule has 21 heavy (non-hydrogen) atoms. The molecule has 0 radical (unpaired) electrons. The van der Waals surface area contributed by atoms with Crippen LogP contribution in [-0.4, -0.2) is 26.4 Å². The third kappa shape index (κ3) is 2.95. The Labute approximate surface area is 124 Å². The fraction of sp³-hybridized carbons (Fsp3) is 0.294. The summed E-state index contributed by atoms with van der Waals surface area (Å²) in [6.07, 6.45) is -0.857. The SMILES string of the molecule is COc1ccc(C)cc1C(O)c1cccc(OC)c1OC. The Balaban J connectivity index is 2.54. The summed E-state index contributed by atoms with van der Waals surface area (Å²) in [5, 5.41) is 10.7. The molecule has 1 unspecified atom stereocenters. The quantitative estimate of drug-likeness (QED) is 0.918. The zero-order valence-corrected chi connectivity index (χ0v) is 12.7. The standard InChI is InChI=1S/C17H20O4/c1-11-8-9-14(19-2)13(10-11)16(18)12-6-5-7-15(20-3)17(12)21-4/h5-10,16,18H,1-4H3. The maximum Gasteiger partial charge on any atom is 0.166 e. The first-order valence-corrected chi connectivity index (χ1v) is 6.65. The van der Waals surface area contributed by atoms with Crippen molar-refractivity contribution >= 4 is 0 Å². The molecule has 0 aliphatic heterocycles. The maximum atomic E-state index is 10.7. The van der Waals surface area contributed by atoms with E-state index in [9.17, 15) is 5.11 Å². The normalized spacial score (nSPS) is 11.9. The predicted octanol–water partition coefficient (Wildman–Crippen LogP) is 3.10. The molecule has 0 aromatic heterocycles. The molecule has 2 aromatic carbocycles. The number of hydrogen-bond acceptors (Lipinski definition) is 4. The topological polar surface area (TPSA) is 47.9 Å². The molecule has 1 N–H and O–H groups in total. The Morgan fingerprint density at radius 2 is 1.57 bits per heavy atom. The molecule has 0 aliphatic rings. The summed E-state index contributed by atoms with van der Waals surface area (Å²) < 4.78 is 16.0. The summed E-state index contributed by atoms with van der Waals surface area (Å²) in [7, 11) is 4.71. The fourth-order valence-electron chi connectivity index (χ4n) is 2.36. The molecule has 2 rings (SSSR count). The second-order valence-corrected chi connectivity index (χ2v) is 4.73. The molecule has 0 fully saturated rings. The third-order valence-corrected chi connectivity index (χ3v) is 3.41. The van der Waals surface area contributed by atoms with Crippen LogP contribution in [0.5, 0.6) is 17.2 Å². The number of aliphatic hydroxyl groups excluding tert-OH is 1. The van der Waals surface area contributed by atoms with Crippen LogP contribution in [0.2, 0.25) is 0 Å². The summed E-state index contributed by atoms with van der Waals surface area (Å²) >= 11 is 0. The van der Waals surface area contributed by atoms with Gasteiger partial charge in [-0.25, -0.2) is 0 Å². The molecule has 0 spiro atoms. The first kappa shape index (κ1) is 15.2. The monoisotopic (exact) mass is 288 g/mol. The lowest BCUT2D eigenvalue weighted by Gasteiger charge is -2.19. The fourth-order valence-corrected chi connectivity index (χ4v) is 2.36. The second kappa shape index (κ2) is 6.50. The Morgan fingerprint density at radius 1 is 0.857 bits per heavy atom. The Kier molecular flexibility index (Phi) is 4.70. The van der Waals surface area contributed by atoms with Crippen LogP contribution in [0.15, 0.2) is 36.4 Å². The smallest absolute Gasteiger partial charge is 0.166 e. The van der Waals surface area contributed by atoms with E-state index in [1.807, 2.05) is 37.3 Å². The molecule has 0 bridgehead atoms. The van der Waals surface area contributed by atoms with Gasteiger partial charge in [0.25, 0.3) is 0 Å². The van der Waals surface area contributed by atoms with Gasteiger partial charge in [-0.1, -0.05) is 23.8 Å². The molecule has 0 aliphatic carbocycles. The lowest BCUT2D eigenvalue weighted by molar-refractivity contribution is 0.208. The van der Waals surface area contributed by atoms with Gasteiger partial charge >= 0.3 is 0 Å². The van der Waals surface area contributed by atoms with Crippen LogP contribution in [-0.2, 0) is 0 Å². The number of hydrogen-bond donors (Lipinski definition) is 1. The van der Waals surface area contributed by atoms with Crippen LogP contribution in [0.1, 0.15) is 22.8 Å². The van der Waals surface area contributed by atoms with Gasteiger partial charge in [0, 0.05) is 11.1 Å². The van der Waals surface area contributed by atoms with Crippen molar-refractivity contribution in [3.63, 3.8) is 0 Å². The molecule has 0 heterocycles. The maximum absolute atomic E-state index is 10.7. The minimum absolute atomic E-state index is 0.524. The average molecular weight is 288 g/mol. The molecule has 2 aromatic rings.